The van der Waals surface area contributed by atoms with E-state index >= 15 is 0 Å². The average molecular weight is 423 g/mol. The number of hydrogen-bond acceptors (Lipinski definition) is 7. The molecule has 1 aromatic rings. The molecule has 0 aromatic heterocycles. The van der Waals surface area contributed by atoms with Gasteiger partial charge in [0.05, 0.1) is 14.2 Å². The van der Waals surface area contributed by atoms with Gasteiger partial charge in [-0.15, -0.1) is 0 Å². The monoisotopic (exact) mass is 422 g/mol. The highest BCUT2D eigenvalue weighted by Gasteiger charge is 2.60. The molecule has 0 fully saturated rings. The fourth-order valence-electron chi connectivity index (χ4n) is 3.79. The third-order valence-corrected chi connectivity index (χ3v) is 5.71. The Morgan fingerprint density at radius 1 is 1.31 bits per heavy atom. The molecule has 0 saturated carbocycles. The SMILES string of the molecule is CNC(=O)C(C)NC1=CC(=O)C2(Oc3c(Cl)c(OC)cc(OC)c3C2=O)C(C)C1. The fourth-order valence-corrected chi connectivity index (χ4v) is 4.05. The first-order valence-electron chi connectivity index (χ1n) is 9.12. The summed E-state index contributed by atoms with van der Waals surface area (Å²) in [6.45, 7) is 3.43. The van der Waals surface area contributed by atoms with Crippen molar-refractivity contribution in [1.82, 2.24) is 10.6 Å². The van der Waals surface area contributed by atoms with E-state index in [1.807, 2.05) is 0 Å². The molecule has 0 bridgehead atoms. The zero-order valence-corrected chi connectivity index (χ0v) is 17.6. The predicted molar refractivity (Wildman–Crippen MR) is 106 cm³/mol. The molecule has 3 unspecified atom stereocenters. The van der Waals surface area contributed by atoms with Crippen molar-refractivity contribution in [1.29, 1.82) is 0 Å². The molecule has 29 heavy (non-hydrogen) atoms. The van der Waals surface area contributed by atoms with Crippen molar-refractivity contribution in [3.63, 3.8) is 0 Å². The Morgan fingerprint density at radius 3 is 2.52 bits per heavy atom. The number of likely N-dealkylation sites (N-methyl/N-ethyl adjacent to an activating group) is 1. The number of benzene rings is 1. The van der Waals surface area contributed by atoms with Crippen molar-refractivity contribution < 1.29 is 28.6 Å². The molecule has 9 heteroatoms. The molecule has 2 aliphatic rings. The van der Waals surface area contributed by atoms with E-state index in [1.54, 1.807) is 13.8 Å². The maximum absolute atomic E-state index is 13.4. The number of methoxy groups -OCH3 is 2. The molecule has 3 rings (SSSR count). The molecule has 1 heterocycles. The molecule has 0 saturated heterocycles. The van der Waals surface area contributed by atoms with Gasteiger partial charge in [0.15, 0.2) is 5.75 Å². The number of ether oxygens (including phenoxy) is 3. The van der Waals surface area contributed by atoms with Crippen LogP contribution < -0.4 is 24.8 Å². The summed E-state index contributed by atoms with van der Waals surface area (Å²) in [5.41, 5.74) is -1.04. The van der Waals surface area contributed by atoms with Crippen LogP contribution in [0.4, 0.5) is 0 Å². The topological polar surface area (TPSA) is 103 Å². The second-order valence-electron chi connectivity index (χ2n) is 7.09. The summed E-state index contributed by atoms with van der Waals surface area (Å²) in [7, 11) is 4.38. The van der Waals surface area contributed by atoms with Crippen molar-refractivity contribution in [3.05, 3.63) is 28.4 Å². The quantitative estimate of drug-likeness (QED) is 0.698. The van der Waals surface area contributed by atoms with E-state index in [1.165, 1.54) is 33.4 Å². The van der Waals surface area contributed by atoms with E-state index in [0.29, 0.717) is 12.1 Å². The zero-order chi connectivity index (χ0) is 21.5. The zero-order valence-electron chi connectivity index (χ0n) is 16.8. The molecular weight excluding hydrogens is 400 g/mol. The average Bonchev–Trinajstić information content (AvgIpc) is 3.01. The van der Waals surface area contributed by atoms with Gasteiger partial charge >= 0.3 is 0 Å². The number of Topliss-reactive ketones (excluding diaryl/α,β-unsaturated/α-hetero) is 1. The predicted octanol–water partition coefficient (Wildman–Crippen LogP) is 1.89. The Balaban J connectivity index is 2.01. The molecule has 3 atom stereocenters. The van der Waals surface area contributed by atoms with Crippen LogP contribution in [0.1, 0.15) is 30.6 Å². The second-order valence-corrected chi connectivity index (χ2v) is 7.46. The number of hydrogen-bond donors (Lipinski definition) is 2. The van der Waals surface area contributed by atoms with Gasteiger partial charge in [-0.2, -0.15) is 0 Å². The normalized spacial score (nSPS) is 23.8. The van der Waals surface area contributed by atoms with Crippen LogP contribution in [-0.4, -0.2) is 50.4 Å². The summed E-state index contributed by atoms with van der Waals surface area (Å²) in [6.07, 6.45) is 1.66. The van der Waals surface area contributed by atoms with Gasteiger partial charge in [0.25, 0.3) is 0 Å². The van der Waals surface area contributed by atoms with Crippen molar-refractivity contribution in [2.45, 2.75) is 31.9 Å². The molecule has 1 aromatic carbocycles. The van der Waals surface area contributed by atoms with E-state index in [-0.39, 0.29) is 33.7 Å². The Kier molecular flexibility index (Phi) is 5.49. The lowest BCUT2D eigenvalue weighted by molar-refractivity contribution is -0.129. The van der Waals surface area contributed by atoms with E-state index in [0.717, 1.165) is 0 Å². The van der Waals surface area contributed by atoms with Gasteiger partial charge in [0.2, 0.25) is 23.1 Å². The van der Waals surface area contributed by atoms with Crippen LogP contribution in [0.5, 0.6) is 17.2 Å². The van der Waals surface area contributed by atoms with E-state index in [2.05, 4.69) is 10.6 Å². The summed E-state index contributed by atoms with van der Waals surface area (Å²) in [5, 5.41) is 5.66. The third kappa shape index (κ3) is 3.11. The first-order valence-corrected chi connectivity index (χ1v) is 9.50. The summed E-state index contributed by atoms with van der Waals surface area (Å²) in [4.78, 5) is 38.3. The number of fused-ring (bicyclic) bond motifs is 1. The van der Waals surface area contributed by atoms with Gasteiger partial charge in [-0.1, -0.05) is 18.5 Å². The minimum atomic E-state index is -1.73. The third-order valence-electron chi connectivity index (χ3n) is 5.35. The highest BCUT2D eigenvalue weighted by Crippen LogP contribution is 2.52. The lowest BCUT2D eigenvalue weighted by atomic mass is 9.74. The van der Waals surface area contributed by atoms with Crippen LogP contribution in [0.15, 0.2) is 17.8 Å². The maximum Gasteiger partial charge on any atom is 0.241 e. The lowest BCUT2D eigenvalue weighted by Crippen LogP contribution is -2.56. The second kappa shape index (κ2) is 7.59. The lowest BCUT2D eigenvalue weighted by Gasteiger charge is -2.35. The smallest absolute Gasteiger partial charge is 0.241 e. The Morgan fingerprint density at radius 2 is 1.97 bits per heavy atom. The van der Waals surface area contributed by atoms with Crippen molar-refractivity contribution in [3.8, 4) is 17.2 Å². The highest BCUT2D eigenvalue weighted by molar-refractivity contribution is 6.36. The fraction of sp³-hybridized carbons (Fsp3) is 0.450. The number of carbonyl (C=O) groups is 3. The Bertz CT molecular complexity index is 928. The summed E-state index contributed by atoms with van der Waals surface area (Å²) in [5.74, 6) is -1.15. The minimum Gasteiger partial charge on any atom is -0.496 e. The van der Waals surface area contributed by atoms with Crippen LogP contribution in [0.3, 0.4) is 0 Å². The maximum atomic E-state index is 13.4. The van der Waals surface area contributed by atoms with Crippen LogP contribution in [-0.2, 0) is 9.59 Å². The molecule has 1 amide bonds. The number of halogens is 1. The molecule has 1 spiro atoms. The number of nitrogens with one attached hydrogen (secondary N) is 2. The molecule has 8 nitrogen and oxygen atoms in total. The number of rotatable bonds is 5. The van der Waals surface area contributed by atoms with Crippen LogP contribution in [0.25, 0.3) is 0 Å². The van der Waals surface area contributed by atoms with Crippen molar-refractivity contribution in [2.75, 3.05) is 21.3 Å². The molecule has 0 radical (unpaired) electrons. The number of amides is 1. The molecular formula is C20H23ClN2O6. The largest absolute Gasteiger partial charge is 0.496 e. The standard InChI is InChI=1S/C20H23ClN2O6/c1-9-6-11(23-10(2)19(26)22-3)7-14(24)20(9)18(25)15-12(27-4)8-13(28-5)16(21)17(15)29-20/h7-10,23H,6H2,1-5H3,(H,22,26). The first-order chi connectivity index (χ1) is 13.7. The van der Waals surface area contributed by atoms with Crippen LogP contribution >= 0.6 is 11.6 Å². The number of carbonyl (C=O) groups excluding carboxylic acids is 3. The Labute approximate surface area is 173 Å². The minimum absolute atomic E-state index is 0.0802. The molecule has 2 N–H and O–H groups in total. The van der Waals surface area contributed by atoms with E-state index in [4.69, 9.17) is 25.8 Å². The molecule has 1 aliphatic heterocycles. The van der Waals surface area contributed by atoms with Gasteiger partial charge in [0.1, 0.15) is 28.1 Å². The summed E-state index contributed by atoms with van der Waals surface area (Å²) in [6, 6.07) is 0.962. The van der Waals surface area contributed by atoms with Crippen LogP contribution in [0, 0.1) is 5.92 Å². The Hall–Kier alpha value is -2.74. The first kappa shape index (κ1) is 21.0. The van der Waals surface area contributed by atoms with Gasteiger partial charge in [-0.3, -0.25) is 14.4 Å². The van der Waals surface area contributed by atoms with Crippen LogP contribution in [0.2, 0.25) is 5.02 Å². The summed E-state index contributed by atoms with van der Waals surface area (Å²) < 4.78 is 16.5. The highest BCUT2D eigenvalue weighted by atomic mass is 35.5. The number of allylic oxidation sites excluding steroid dienone is 1. The number of ketones is 2. The van der Waals surface area contributed by atoms with Crippen molar-refractivity contribution in [2.24, 2.45) is 5.92 Å². The van der Waals surface area contributed by atoms with Gasteiger partial charge in [-0.05, 0) is 13.3 Å². The molecule has 1 aliphatic carbocycles. The summed E-state index contributed by atoms with van der Waals surface area (Å²) >= 11 is 6.35. The van der Waals surface area contributed by atoms with E-state index < -0.39 is 29.1 Å². The van der Waals surface area contributed by atoms with Gasteiger partial charge in [-0.25, -0.2) is 0 Å². The van der Waals surface area contributed by atoms with Crippen molar-refractivity contribution >= 4 is 29.1 Å². The van der Waals surface area contributed by atoms with Gasteiger partial charge < -0.3 is 24.8 Å². The van der Waals surface area contributed by atoms with Gasteiger partial charge in [0, 0.05) is 30.8 Å². The molecule has 156 valence electrons. The van der Waals surface area contributed by atoms with E-state index in [9.17, 15) is 14.4 Å².